The van der Waals surface area contributed by atoms with Crippen molar-refractivity contribution >= 4 is 60.0 Å². The number of nitrogens with zero attached hydrogens (tertiary/aromatic N) is 8. The summed E-state index contributed by atoms with van der Waals surface area (Å²) >= 11 is 0. The maximum atomic E-state index is 6.23. The van der Waals surface area contributed by atoms with Crippen LogP contribution >= 0.6 is 24.8 Å². The molecule has 0 saturated carbocycles. The second kappa shape index (κ2) is 15.3. The molecule has 50 heavy (non-hydrogen) atoms. The van der Waals surface area contributed by atoms with Gasteiger partial charge in [0.25, 0.3) is 0 Å². The summed E-state index contributed by atoms with van der Waals surface area (Å²) in [5.41, 5.74) is 27.7. The van der Waals surface area contributed by atoms with Crippen LogP contribution in [0.3, 0.4) is 0 Å². The quantitative estimate of drug-likeness (QED) is 0.275. The standard InChI is InChI=1S/C36H56N12.2ClH/c1-33(2,19-17-25-9-13-27(14-10-25)47-31(39)41-29(37)43-35(47,5)6)45-21-23-46(24-22-45)34(3,4)20-18-26-11-15-28(16-12-26)48-32(40)42-30(38)44-36(48,7)8;;/h9-16H,17-24H2,1-8H3,(H4,37,39,41,43)(H4,38,40,42,44);2*1H. The molecule has 8 N–H and O–H groups in total. The molecule has 1 fully saturated rings. The zero-order valence-corrected chi connectivity index (χ0v) is 32.6. The highest BCUT2D eigenvalue weighted by Crippen LogP contribution is 2.31. The fraction of sp³-hybridized carbons (Fsp3) is 0.556. The summed E-state index contributed by atoms with van der Waals surface area (Å²) < 4.78 is 0. The second-order valence-electron chi connectivity index (χ2n) is 15.5. The molecule has 14 heteroatoms. The molecular weight excluding hydrogens is 671 g/mol. The predicted molar refractivity (Wildman–Crippen MR) is 215 cm³/mol. The zero-order chi connectivity index (χ0) is 35.1. The van der Waals surface area contributed by atoms with E-state index in [2.05, 4.69) is 106 Å². The van der Waals surface area contributed by atoms with Crippen LogP contribution in [0.5, 0.6) is 0 Å². The average Bonchev–Trinajstić information content (AvgIpc) is 2.98. The fourth-order valence-corrected chi connectivity index (χ4v) is 7.26. The Hall–Kier alpha value is -3.58. The molecule has 5 rings (SSSR count). The minimum atomic E-state index is -0.593. The molecule has 0 amide bonds. The first-order chi connectivity index (χ1) is 22.4. The van der Waals surface area contributed by atoms with Gasteiger partial charge in [-0.3, -0.25) is 19.6 Å². The number of nitrogens with two attached hydrogens (primary N) is 4. The smallest absolute Gasteiger partial charge is 0.220 e. The molecule has 276 valence electrons. The Balaban J connectivity index is 0.00000338. The number of anilines is 2. The Morgan fingerprint density at radius 3 is 1.14 bits per heavy atom. The van der Waals surface area contributed by atoms with E-state index in [-0.39, 0.29) is 47.8 Å². The number of benzene rings is 2. The molecule has 0 bridgehead atoms. The highest BCUT2D eigenvalue weighted by atomic mass is 35.5. The van der Waals surface area contributed by atoms with Crippen molar-refractivity contribution in [1.82, 2.24) is 9.80 Å². The molecule has 2 aromatic rings. The van der Waals surface area contributed by atoms with Gasteiger partial charge in [-0.15, -0.1) is 24.8 Å². The summed E-state index contributed by atoms with van der Waals surface area (Å²) in [5.74, 6) is 1.14. The largest absolute Gasteiger partial charge is 0.369 e. The Kier molecular flexibility index (Phi) is 12.5. The van der Waals surface area contributed by atoms with Crippen molar-refractivity contribution in [2.75, 3.05) is 36.0 Å². The lowest BCUT2D eigenvalue weighted by molar-refractivity contribution is 0.00323. The monoisotopic (exact) mass is 728 g/mol. The van der Waals surface area contributed by atoms with Gasteiger partial charge in [0.05, 0.1) is 0 Å². The number of guanidine groups is 4. The molecule has 12 nitrogen and oxygen atoms in total. The number of aliphatic imine (C=N–C) groups is 4. The molecule has 0 atom stereocenters. The van der Waals surface area contributed by atoms with Crippen LogP contribution in [0, 0.1) is 0 Å². The van der Waals surface area contributed by atoms with E-state index in [4.69, 9.17) is 22.9 Å². The summed E-state index contributed by atoms with van der Waals surface area (Å²) in [6.45, 7) is 21.7. The van der Waals surface area contributed by atoms with E-state index in [0.717, 1.165) is 63.2 Å². The third-order valence-corrected chi connectivity index (χ3v) is 10.2. The maximum absolute atomic E-state index is 6.23. The van der Waals surface area contributed by atoms with Crippen molar-refractivity contribution in [3.63, 3.8) is 0 Å². The number of rotatable bonds is 10. The van der Waals surface area contributed by atoms with Crippen LogP contribution < -0.4 is 32.7 Å². The van der Waals surface area contributed by atoms with Crippen LogP contribution in [0.15, 0.2) is 68.5 Å². The molecule has 0 unspecified atom stereocenters. The van der Waals surface area contributed by atoms with Crippen molar-refractivity contribution in [2.24, 2.45) is 42.9 Å². The first-order valence-electron chi connectivity index (χ1n) is 17.1. The first-order valence-corrected chi connectivity index (χ1v) is 17.1. The molecule has 0 spiro atoms. The average molecular weight is 730 g/mol. The molecule has 0 aliphatic carbocycles. The highest BCUT2D eigenvalue weighted by Gasteiger charge is 2.36. The van der Waals surface area contributed by atoms with E-state index >= 15 is 0 Å². The summed E-state index contributed by atoms with van der Waals surface area (Å²) in [4.78, 5) is 26.4. The Labute approximate surface area is 311 Å². The molecule has 3 heterocycles. The van der Waals surface area contributed by atoms with Gasteiger partial charge < -0.3 is 22.9 Å². The van der Waals surface area contributed by atoms with Gasteiger partial charge in [0.2, 0.25) is 23.8 Å². The molecule has 3 aliphatic rings. The van der Waals surface area contributed by atoms with Crippen LogP contribution in [-0.2, 0) is 12.8 Å². The molecule has 2 aromatic carbocycles. The molecule has 1 saturated heterocycles. The Bertz CT molecular complexity index is 1470. The van der Waals surface area contributed by atoms with E-state index in [0.29, 0.717) is 11.9 Å². The Morgan fingerprint density at radius 1 is 0.560 bits per heavy atom. The predicted octanol–water partition coefficient (Wildman–Crippen LogP) is 4.64. The van der Waals surface area contributed by atoms with Gasteiger partial charge >= 0.3 is 0 Å². The van der Waals surface area contributed by atoms with E-state index in [9.17, 15) is 0 Å². The summed E-state index contributed by atoms with van der Waals surface area (Å²) in [7, 11) is 0. The van der Waals surface area contributed by atoms with Crippen LogP contribution in [0.2, 0.25) is 0 Å². The number of hydrogen-bond acceptors (Lipinski definition) is 12. The molecular formula is C36H58Cl2N12. The third-order valence-electron chi connectivity index (χ3n) is 10.2. The second-order valence-corrected chi connectivity index (χ2v) is 15.5. The van der Waals surface area contributed by atoms with Crippen LogP contribution in [0.25, 0.3) is 0 Å². The van der Waals surface area contributed by atoms with Crippen molar-refractivity contribution in [1.29, 1.82) is 0 Å². The van der Waals surface area contributed by atoms with E-state index < -0.39 is 11.3 Å². The summed E-state index contributed by atoms with van der Waals surface area (Å²) in [5, 5.41) is 0. The lowest BCUT2D eigenvalue weighted by atomic mass is 9.90. The summed E-state index contributed by atoms with van der Waals surface area (Å²) in [6.07, 6.45) is 4.17. The van der Waals surface area contributed by atoms with Crippen LogP contribution in [0.4, 0.5) is 11.4 Å². The zero-order valence-electron chi connectivity index (χ0n) is 31.0. The number of hydrogen-bond donors (Lipinski definition) is 4. The van der Waals surface area contributed by atoms with Gasteiger partial charge in [-0.2, -0.15) is 9.98 Å². The van der Waals surface area contributed by atoms with Gasteiger partial charge in [0.1, 0.15) is 11.3 Å². The molecule has 3 aliphatic heterocycles. The maximum Gasteiger partial charge on any atom is 0.220 e. The minimum Gasteiger partial charge on any atom is -0.369 e. The fourth-order valence-electron chi connectivity index (χ4n) is 7.26. The van der Waals surface area contributed by atoms with E-state index in [1.807, 2.05) is 37.5 Å². The van der Waals surface area contributed by atoms with E-state index in [1.54, 1.807) is 0 Å². The van der Waals surface area contributed by atoms with Crippen molar-refractivity contribution in [2.45, 2.75) is 103 Å². The van der Waals surface area contributed by atoms with Gasteiger partial charge in [0.15, 0.2) is 0 Å². The molecule has 0 radical (unpaired) electrons. The highest BCUT2D eigenvalue weighted by molar-refractivity contribution is 6.06. The van der Waals surface area contributed by atoms with Gasteiger partial charge in [0, 0.05) is 48.6 Å². The number of piperazine rings is 1. The van der Waals surface area contributed by atoms with E-state index in [1.165, 1.54) is 11.1 Å². The lowest BCUT2D eigenvalue weighted by Gasteiger charge is -2.49. The summed E-state index contributed by atoms with van der Waals surface area (Å²) in [6, 6.07) is 17.2. The van der Waals surface area contributed by atoms with Crippen LogP contribution in [-0.4, -0.2) is 82.2 Å². The van der Waals surface area contributed by atoms with Crippen molar-refractivity contribution in [3.8, 4) is 0 Å². The van der Waals surface area contributed by atoms with Crippen LogP contribution in [0.1, 0.15) is 79.4 Å². The lowest BCUT2D eigenvalue weighted by Crippen LogP contribution is -2.59. The van der Waals surface area contributed by atoms with Gasteiger partial charge in [-0.05, 0) is 116 Å². The Morgan fingerprint density at radius 2 is 0.860 bits per heavy atom. The normalized spacial score (nSPS) is 19.8. The number of aryl methyl sites for hydroxylation is 2. The van der Waals surface area contributed by atoms with Crippen molar-refractivity contribution in [3.05, 3.63) is 59.7 Å². The number of halogens is 2. The van der Waals surface area contributed by atoms with Gasteiger partial charge in [-0.25, -0.2) is 9.98 Å². The molecule has 0 aromatic heterocycles. The SMILES string of the molecule is CC(C)(CCc1ccc(N2C(N)=NC(N)=NC2(C)C)cc1)N1CCN(C(C)(C)CCc2ccc(N3C(N)=NC(N)=NC3(C)C)cc2)CC1.Cl.Cl. The minimum absolute atomic E-state index is 0. The first kappa shape index (κ1) is 40.8. The van der Waals surface area contributed by atoms with Gasteiger partial charge in [-0.1, -0.05) is 24.3 Å². The third kappa shape index (κ3) is 9.01. The topological polar surface area (TPSA) is 166 Å². The van der Waals surface area contributed by atoms with Crippen molar-refractivity contribution < 1.29 is 0 Å².